The number of hydrogen-bond acceptors (Lipinski definition) is 4. The van der Waals surface area contributed by atoms with E-state index < -0.39 is 5.97 Å². The highest BCUT2D eigenvalue weighted by molar-refractivity contribution is 5.88. The minimum Gasteiger partial charge on any atom is -0.481 e. The normalized spacial score (nSPS) is 19.6. The van der Waals surface area contributed by atoms with Crippen molar-refractivity contribution in [3.63, 3.8) is 0 Å². The van der Waals surface area contributed by atoms with Crippen molar-refractivity contribution in [2.24, 2.45) is 11.8 Å². The lowest BCUT2D eigenvalue weighted by Gasteiger charge is -2.11. The highest BCUT2D eigenvalue weighted by Gasteiger charge is 2.30. The molecular formula is C14H22O5. The molecule has 5 heteroatoms. The smallest absolute Gasteiger partial charge is 0.316 e. The van der Waals surface area contributed by atoms with Gasteiger partial charge in [-0.2, -0.15) is 0 Å². The fourth-order valence-corrected chi connectivity index (χ4v) is 2.59. The average Bonchev–Trinajstić information content (AvgIpc) is 3.02. The lowest BCUT2D eigenvalue weighted by molar-refractivity contribution is -0.165. The molecule has 0 aromatic rings. The molecule has 2 saturated carbocycles. The zero-order valence-electron chi connectivity index (χ0n) is 11.4. The maximum Gasteiger partial charge on any atom is 0.316 e. The molecule has 0 saturated heterocycles. The van der Waals surface area contributed by atoms with Crippen LogP contribution in [0.2, 0.25) is 0 Å². The van der Waals surface area contributed by atoms with Crippen molar-refractivity contribution in [2.75, 3.05) is 0 Å². The summed E-state index contributed by atoms with van der Waals surface area (Å²) in [5.41, 5.74) is 0. The molecule has 2 aliphatic rings. The van der Waals surface area contributed by atoms with Crippen LogP contribution < -0.4 is 0 Å². The SMILES string of the molecule is CC(=O)O.O=C(OC(=O)C1CCCC1)C1CCCC1. The zero-order chi connectivity index (χ0) is 14.3. The summed E-state index contributed by atoms with van der Waals surface area (Å²) in [5.74, 6) is -1.39. The molecule has 1 N–H and O–H groups in total. The van der Waals surface area contributed by atoms with Gasteiger partial charge in [0, 0.05) is 6.92 Å². The largest absolute Gasteiger partial charge is 0.481 e. The van der Waals surface area contributed by atoms with Gasteiger partial charge in [-0.25, -0.2) is 0 Å². The Morgan fingerprint density at radius 1 is 0.842 bits per heavy atom. The average molecular weight is 270 g/mol. The molecule has 0 aromatic carbocycles. The molecule has 0 heterocycles. The first-order chi connectivity index (χ1) is 9.00. The molecule has 2 rings (SSSR count). The monoisotopic (exact) mass is 270 g/mol. The van der Waals surface area contributed by atoms with Crippen molar-refractivity contribution in [1.82, 2.24) is 0 Å². The molecule has 0 aliphatic heterocycles. The van der Waals surface area contributed by atoms with Crippen molar-refractivity contribution in [3.05, 3.63) is 0 Å². The fraction of sp³-hybridized carbons (Fsp3) is 0.786. The molecule has 2 aliphatic carbocycles. The first-order valence-electron chi connectivity index (χ1n) is 6.95. The van der Waals surface area contributed by atoms with E-state index in [0.717, 1.165) is 58.3 Å². The van der Waals surface area contributed by atoms with Crippen molar-refractivity contribution >= 4 is 17.9 Å². The lowest BCUT2D eigenvalue weighted by Crippen LogP contribution is -2.23. The van der Waals surface area contributed by atoms with E-state index in [-0.39, 0.29) is 23.8 Å². The minimum atomic E-state index is -0.833. The van der Waals surface area contributed by atoms with E-state index >= 15 is 0 Å². The predicted octanol–water partition coefficient (Wildman–Crippen LogP) is 2.53. The molecule has 19 heavy (non-hydrogen) atoms. The summed E-state index contributed by atoms with van der Waals surface area (Å²) in [6.45, 7) is 1.08. The van der Waals surface area contributed by atoms with Gasteiger partial charge < -0.3 is 9.84 Å². The van der Waals surface area contributed by atoms with Crippen molar-refractivity contribution in [2.45, 2.75) is 58.3 Å². The van der Waals surface area contributed by atoms with Crippen LogP contribution >= 0.6 is 0 Å². The van der Waals surface area contributed by atoms with Crippen molar-refractivity contribution in [3.8, 4) is 0 Å². The lowest BCUT2D eigenvalue weighted by atomic mass is 10.1. The highest BCUT2D eigenvalue weighted by atomic mass is 16.6. The third-order valence-corrected chi connectivity index (χ3v) is 3.58. The summed E-state index contributed by atoms with van der Waals surface area (Å²) < 4.78 is 4.94. The number of rotatable bonds is 2. The maximum atomic E-state index is 11.6. The number of aliphatic carboxylic acids is 1. The molecular weight excluding hydrogens is 248 g/mol. The van der Waals surface area contributed by atoms with Crippen LogP contribution in [0.15, 0.2) is 0 Å². The van der Waals surface area contributed by atoms with Crippen LogP contribution in [0.25, 0.3) is 0 Å². The molecule has 0 unspecified atom stereocenters. The quantitative estimate of drug-likeness (QED) is 0.616. The molecule has 0 spiro atoms. The molecule has 108 valence electrons. The first kappa shape index (κ1) is 15.7. The Bertz CT molecular complexity index is 295. The van der Waals surface area contributed by atoms with E-state index in [4.69, 9.17) is 14.6 Å². The predicted molar refractivity (Wildman–Crippen MR) is 68.3 cm³/mol. The van der Waals surface area contributed by atoms with Crippen LogP contribution in [-0.4, -0.2) is 23.0 Å². The van der Waals surface area contributed by atoms with Gasteiger partial charge in [0.2, 0.25) is 0 Å². The van der Waals surface area contributed by atoms with E-state index in [2.05, 4.69) is 0 Å². The van der Waals surface area contributed by atoms with Gasteiger partial charge in [0.25, 0.3) is 5.97 Å². The number of carbonyl (C=O) groups excluding carboxylic acids is 2. The van der Waals surface area contributed by atoms with Gasteiger partial charge >= 0.3 is 11.9 Å². The van der Waals surface area contributed by atoms with E-state index in [0.29, 0.717) is 0 Å². The molecule has 0 radical (unpaired) electrons. The highest BCUT2D eigenvalue weighted by Crippen LogP contribution is 2.29. The second kappa shape index (κ2) is 7.92. The van der Waals surface area contributed by atoms with Crippen molar-refractivity contribution in [1.29, 1.82) is 0 Å². The number of esters is 2. The van der Waals surface area contributed by atoms with Crippen LogP contribution in [0.3, 0.4) is 0 Å². The van der Waals surface area contributed by atoms with Gasteiger partial charge in [0.1, 0.15) is 0 Å². The number of carboxylic acids is 1. The van der Waals surface area contributed by atoms with Gasteiger partial charge in [0.05, 0.1) is 11.8 Å². The Labute approximate surface area is 113 Å². The topological polar surface area (TPSA) is 80.7 Å². The summed E-state index contributed by atoms with van der Waals surface area (Å²) in [6, 6.07) is 0. The number of hydrogen-bond donors (Lipinski definition) is 1. The third-order valence-electron chi connectivity index (χ3n) is 3.58. The second-order valence-corrected chi connectivity index (χ2v) is 5.22. The second-order valence-electron chi connectivity index (χ2n) is 5.22. The molecule has 2 fully saturated rings. The van der Waals surface area contributed by atoms with Crippen LogP contribution in [0.5, 0.6) is 0 Å². The first-order valence-corrected chi connectivity index (χ1v) is 6.95. The molecule has 0 atom stereocenters. The number of carboxylic acid groups (broad SMARTS) is 1. The van der Waals surface area contributed by atoms with Gasteiger partial charge in [-0.15, -0.1) is 0 Å². The van der Waals surface area contributed by atoms with Crippen LogP contribution in [-0.2, 0) is 19.1 Å². The van der Waals surface area contributed by atoms with Crippen LogP contribution in [0.4, 0.5) is 0 Å². The summed E-state index contributed by atoms with van der Waals surface area (Å²) in [7, 11) is 0. The van der Waals surface area contributed by atoms with Gasteiger partial charge in [-0.3, -0.25) is 14.4 Å². The summed E-state index contributed by atoms with van der Waals surface area (Å²) in [6.07, 6.45) is 7.98. The van der Waals surface area contributed by atoms with Gasteiger partial charge in [0.15, 0.2) is 0 Å². The minimum absolute atomic E-state index is 0.00430. The van der Waals surface area contributed by atoms with Gasteiger partial charge in [-0.1, -0.05) is 25.7 Å². The number of ether oxygens (including phenoxy) is 1. The van der Waals surface area contributed by atoms with E-state index in [1.807, 2.05) is 0 Å². The summed E-state index contributed by atoms with van der Waals surface area (Å²) >= 11 is 0. The molecule has 5 nitrogen and oxygen atoms in total. The number of carbonyl (C=O) groups is 3. The molecule has 0 aromatic heterocycles. The van der Waals surface area contributed by atoms with Gasteiger partial charge in [-0.05, 0) is 25.7 Å². The Morgan fingerprint density at radius 2 is 1.11 bits per heavy atom. The maximum absolute atomic E-state index is 11.6. The Kier molecular flexibility index (Phi) is 6.53. The fourth-order valence-electron chi connectivity index (χ4n) is 2.59. The Morgan fingerprint density at radius 3 is 1.37 bits per heavy atom. The van der Waals surface area contributed by atoms with Crippen LogP contribution in [0.1, 0.15) is 58.3 Å². The van der Waals surface area contributed by atoms with E-state index in [9.17, 15) is 9.59 Å². The van der Waals surface area contributed by atoms with E-state index in [1.54, 1.807) is 0 Å². The van der Waals surface area contributed by atoms with Crippen molar-refractivity contribution < 1.29 is 24.2 Å². The third kappa shape index (κ3) is 5.85. The van der Waals surface area contributed by atoms with E-state index in [1.165, 1.54) is 0 Å². The molecule has 0 bridgehead atoms. The Balaban J connectivity index is 0.000000399. The summed E-state index contributed by atoms with van der Waals surface area (Å²) in [4.78, 5) is 32.1. The molecule has 0 amide bonds. The van der Waals surface area contributed by atoms with Crippen LogP contribution in [0, 0.1) is 11.8 Å². The Hall–Kier alpha value is -1.39. The zero-order valence-corrected chi connectivity index (χ0v) is 11.4. The standard InChI is InChI=1S/C12H18O3.C2H4O2/c13-11(9-5-1-2-6-9)15-12(14)10-7-3-4-8-10;1-2(3)4/h9-10H,1-8H2;1H3,(H,3,4). The summed E-state index contributed by atoms with van der Waals surface area (Å²) in [5, 5.41) is 7.42.